The fourth-order valence-corrected chi connectivity index (χ4v) is 1.82. The number of ether oxygens (including phenoxy) is 1. The van der Waals surface area contributed by atoms with E-state index < -0.39 is 0 Å². The standard InChI is InChI=1S/C8H10O2/c1-3-7-4-8(7,5-7)6(9)10-2/h3H,1,4-5H2,2H3. The summed E-state index contributed by atoms with van der Waals surface area (Å²) in [6.45, 7) is 3.69. The minimum atomic E-state index is -0.108. The quantitative estimate of drug-likeness (QED) is 0.422. The Kier molecular flexibility index (Phi) is 0.766. The third-order valence-corrected chi connectivity index (χ3v) is 2.90. The Hall–Kier alpha value is -0.790. The van der Waals surface area contributed by atoms with Crippen LogP contribution in [0.1, 0.15) is 12.8 Å². The summed E-state index contributed by atoms with van der Waals surface area (Å²) in [5.74, 6) is -0.0487. The molecular weight excluding hydrogens is 128 g/mol. The van der Waals surface area contributed by atoms with Gasteiger partial charge in [0.15, 0.2) is 0 Å². The van der Waals surface area contributed by atoms with Crippen molar-refractivity contribution in [3.8, 4) is 0 Å². The van der Waals surface area contributed by atoms with Crippen LogP contribution in [0.25, 0.3) is 0 Å². The molecule has 0 radical (unpaired) electrons. The molecule has 0 N–H and O–H groups in total. The molecule has 2 aliphatic rings. The predicted octanol–water partition coefficient (Wildman–Crippen LogP) is 1.13. The molecule has 2 heteroatoms. The molecule has 0 unspecified atom stereocenters. The van der Waals surface area contributed by atoms with Gasteiger partial charge in [0, 0.05) is 5.41 Å². The van der Waals surface area contributed by atoms with E-state index in [1.807, 2.05) is 6.08 Å². The summed E-state index contributed by atoms with van der Waals surface area (Å²) in [6, 6.07) is 0. The Labute approximate surface area is 59.9 Å². The average Bonchev–Trinajstić information content (AvgIpc) is 2.70. The number of hydrogen-bond acceptors (Lipinski definition) is 2. The smallest absolute Gasteiger partial charge is 0.312 e. The first-order valence-corrected chi connectivity index (χ1v) is 3.43. The maximum Gasteiger partial charge on any atom is 0.312 e. The van der Waals surface area contributed by atoms with E-state index in [4.69, 9.17) is 0 Å². The summed E-state index contributed by atoms with van der Waals surface area (Å²) < 4.78 is 4.66. The van der Waals surface area contributed by atoms with E-state index >= 15 is 0 Å². The molecule has 10 heavy (non-hydrogen) atoms. The minimum Gasteiger partial charge on any atom is -0.469 e. The summed E-state index contributed by atoms with van der Waals surface area (Å²) in [7, 11) is 1.45. The number of carbonyl (C=O) groups excluding carboxylic acids is 1. The molecule has 54 valence electrons. The van der Waals surface area contributed by atoms with E-state index in [1.165, 1.54) is 7.11 Å². The van der Waals surface area contributed by atoms with Crippen molar-refractivity contribution in [1.29, 1.82) is 0 Å². The summed E-state index contributed by atoms with van der Waals surface area (Å²) in [6.07, 6.45) is 3.83. The van der Waals surface area contributed by atoms with Gasteiger partial charge in [0.1, 0.15) is 0 Å². The van der Waals surface area contributed by atoms with Crippen LogP contribution >= 0.6 is 0 Å². The third-order valence-electron chi connectivity index (χ3n) is 2.90. The van der Waals surface area contributed by atoms with Crippen molar-refractivity contribution in [2.75, 3.05) is 7.11 Å². The van der Waals surface area contributed by atoms with Gasteiger partial charge >= 0.3 is 5.97 Å². The van der Waals surface area contributed by atoms with Crippen LogP contribution in [0.2, 0.25) is 0 Å². The summed E-state index contributed by atoms with van der Waals surface area (Å²) in [5, 5.41) is 0. The highest BCUT2D eigenvalue weighted by molar-refractivity contribution is 5.88. The van der Waals surface area contributed by atoms with Gasteiger partial charge < -0.3 is 4.74 Å². The van der Waals surface area contributed by atoms with Gasteiger partial charge in [-0.3, -0.25) is 4.79 Å². The van der Waals surface area contributed by atoms with Crippen LogP contribution in [0.3, 0.4) is 0 Å². The third kappa shape index (κ3) is 0.376. The number of methoxy groups -OCH3 is 1. The van der Waals surface area contributed by atoms with E-state index in [1.54, 1.807) is 0 Å². The molecule has 2 rings (SSSR count). The van der Waals surface area contributed by atoms with Crippen LogP contribution in [0.5, 0.6) is 0 Å². The molecular formula is C8H10O2. The predicted molar refractivity (Wildman–Crippen MR) is 36.3 cm³/mol. The summed E-state index contributed by atoms with van der Waals surface area (Å²) in [5.41, 5.74) is 0.0591. The van der Waals surface area contributed by atoms with Gasteiger partial charge in [-0.15, -0.1) is 6.58 Å². The fraction of sp³-hybridized carbons (Fsp3) is 0.625. The maximum absolute atomic E-state index is 11.0. The lowest BCUT2D eigenvalue weighted by atomic mass is 10.2. The highest BCUT2D eigenvalue weighted by Crippen LogP contribution is 2.87. The monoisotopic (exact) mass is 138 g/mol. The normalized spacial score (nSPS) is 47.3. The molecule has 0 aromatic carbocycles. The van der Waals surface area contributed by atoms with Crippen molar-refractivity contribution in [2.24, 2.45) is 10.8 Å². The molecule has 0 aromatic rings. The van der Waals surface area contributed by atoms with Gasteiger partial charge in [0.25, 0.3) is 0 Å². The number of rotatable bonds is 2. The summed E-state index contributed by atoms with van der Waals surface area (Å²) >= 11 is 0. The van der Waals surface area contributed by atoms with Crippen molar-refractivity contribution in [2.45, 2.75) is 12.8 Å². The second-order valence-corrected chi connectivity index (χ2v) is 3.29. The number of fused-ring (bicyclic) bond motifs is 1. The Morgan fingerprint density at radius 2 is 2.30 bits per heavy atom. The minimum absolute atomic E-state index is 0.0487. The number of hydrogen-bond donors (Lipinski definition) is 0. The van der Waals surface area contributed by atoms with E-state index in [-0.39, 0.29) is 16.8 Å². The van der Waals surface area contributed by atoms with Crippen LogP contribution in [0.4, 0.5) is 0 Å². The topological polar surface area (TPSA) is 26.3 Å². The zero-order chi connectivity index (χ0) is 7.41. The zero-order valence-electron chi connectivity index (χ0n) is 6.02. The van der Waals surface area contributed by atoms with E-state index in [9.17, 15) is 4.79 Å². The second-order valence-electron chi connectivity index (χ2n) is 3.29. The molecule has 0 aliphatic heterocycles. The molecule has 0 aromatic heterocycles. The Morgan fingerprint density at radius 3 is 2.60 bits per heavy atom. The Balaban J connectivity index is 2.13. The van der Waals surface area contributed by atoms with Crippen molar-refractivity contribution in [3.63, 3.8) is 0 Å². The van der Waals surface area contributed by atoms with Crippen molar-refractivity contribution >= 4 is 5.97 Å². The maximum atomic E-state index is 11.0. The first-order valence-electron chi connectivity index (χ1n) is 3.43. The molecule has 2 nitrogen and oxygen atoms in total. The van der Waals surface area contributed by atoms with Crippen molar-refractivity contribution in [1.82, 2.24) is 0 Å². The van der Waals surface area contributed by atoms with E-state index in [0.717, 1.165) is 12.8 Å². The summed E-state index contributed by atoms with van der Waals surface area (Å²) in [4.78, 5) is 11.0. The number of allylic oxidation sites excluding steroid dienone is 1. The lowest BCUT2D eigenvalue weighted by Crippen LogP contribution is -2.08. The molecule has 2 aliphatic carbocycles. The largest absolute Gasteiger partial charge is 0.469 e. The van der Waals surface area contributed by atoms with Gasteiger partial charge in [-0.2, -0.15) is 0 Å². The van der Waals surface area contributed by atoms with Crippen LogP contribution in [-0.2, 0) is 9.53 Å². The highest BCUT2D eigenvalue weighted by atomic mass is 16.5. The Morgan fingerprint density at radius 1 is 1.70 bits per heavy atom. The van der Waals surface area contributed by atoms with Crippen molar-refractivity contribution < 1.29 is 9.53 Å². The molecule has 2 saturated carbocycles. The molecule has 0 atom stereocenters. The van der Waals surface area contributed by atoms with Crippen LogP contribution in [0, 0.1) is 10.8 Å². The fourth-order valence-electron chi connectivity index (χ4n) is 1.82. The molecule has 0 spiro atoms. The average molecular weight is 138 g/mol. The molecule has 0 saturated heterocycles. The van der Waals surface area contributed by atoms with Crippen molar-refractivity contribution in [3.05, 3.63) is 12.7 Å². The highest BCUT2D eigenvalue weighted by Gasteiger charge is 2.86. The second kappa shape index (κ2) is 1.29. The molecule has 0 bridgehead atoms. The van der Waals surface area contributed by atoms with Crippen LogP contribution in [-0.4, -0.2) is 13.1 Å². The first-order chi connectivity index (χ1) is 4.71. The molecule has 0 heterocycles. The van der Waals surface area contributed by atoms with Gasteiger partial charge in [-0.25, -0.2) is 0 Å². The molecule has 2 fully saturated rings. The molecule has 0 amide bonds. The zero-order valence-corrected chi connectivity index (χ0v) is 6.02. The van der Waals surface area contributed by atoms with Crippen LogP contribution in [0.15, 0.2) is 12.7 Å². The Bertz CT molecular complexity index is 211. The lowest BCUT2D eigenvalue weighted by Gasteiger charge is -1.96. The first kappa shape index (κ1) is 5.96. The van der Waals surface area contributed by atoms with Gasteiger partial charge in [0.05, 0.1) is 12.5 Å². The van der Waals surface area contributed by atoms with E-state index in [2.05, 4.69) is 11.3 Å². The van der Waals surface area contributed by atoms with Gasteiger partial charge in [0.2, 0.25) is 0 Å². The number of esters is 1. The van der Waals surface area contributed by atoms with Gasteiger partial charge in [-0.1, -0.05) is 6.08 Å². The SMILES string of the molecule is C=CC12CC1(C(=O)OC)C2. The van der Waals surface area contributed by atoms with E-state index in [0.29, 0.717) is 0 Å². The van der Waals surface area contributed by atoms with Crippen LogP contribution < -0.4 is 0 Å². The van der Waals surface area contributed by atoms with Gasteiger partial charge in [-0.05, 0) is 12.8 Å². The lowest BCUT2D eigenvalue weighted by molar-refractivity contribution is -0.144. The number of carbonyl (C=O) groups is 1.